The van der Waals surface area contributed by atoms with Crippen LogP contribution in [0.4, 0.5) is 0 Å². The molecule has 94 valence electrons. The van der Waals surface area contributed by atoms with E-state index in [4.69, 9.17) is 10.8 Å². The van der Waals surface area contributed by atoms with Crippen LogP contribution in [0.3, 0.4) is 0 Å². The molecule has 4 nitrogen and oxygen atoms in total. The zero-order valence-electron chi connectivity index (χ0n) is 10.6. The van der Waals surface area contributed by atoms with Gasteiger partial charge in [-0.2, -0.15) is 0 Å². The van der Waals surface area contributed by atoms with Crippen molar-refractivity contribution >= 4 is 0 Å². The van der Waals surface area contributed by atoms with Crippen molar-refractivity contribution in [1.82, 2.24) is 9.97 Å². The molecule has 0 aliphatic heterocycles. The maximum atomic E-state index is 9.09. The summed E-state index contributed by atoms with van der Waals surface area (Å²) in [6.45, 7) is 3.78. The van der Waals surface area contributed by atoms with E-state index < -0.39 is 6.04 Å². The van der Waals surface area contributed by atoms with Crippen molar-refractivity contribution in [2.45, 2.75) is 19.9 Å². The fourth-order valence-electron chi connectivity index (χ4n) is 1.84. The van der Waals surface area contributed by atoms with Crippen LogP contribution in [0.15, 0.2) is 30.3 Å². The van der Waals surface area contributed by atoms with Gasteiger partial charge < -0.3 is 10.8 Å². The molecule has 0 aliphatic rings. The van der Waals surface area contributed by atoms with Crippen LogP contribution in [0.25, 0.3) is 11.3 Å². The van der Waals surface area contributed by atoms with Crippen LogP contribution in [0.1, 0.15) is 23.1 Å². The van der Waals surface area contributed by atoms with Gasteiger partial charge in [-0.25, -0.2) is 9.97 Å². The van der Waals surface area contributed by atoms with Crippen LogP contribution >= 0.6 is 0 Å². The average molecular weight is 243 g/mol. The highest BCUT2D eigenvalue weighted by Gasteiger charge is 2.11. The number of rotatable bonds is 3. The Morgan fingerprint density at radius 2 is 1.94 bits per heavy atom. The molecule has 1 aromatic heterocycles. The normalized spacial score (nSPS) is 12.4. The summed E-state index contributed by atoms with van der Waals surface area (Å²) < 4.78 is 0. The molecule has 0 radical (unpaired) electrons. The third kappa shape index (κ3) is 2.55. The molecule has 0 fully saturated rings. The van der Waals surface area contributed by atoms with Gasteiger partial charge in [0.05, 0.1) is 18.3 Å². The van der Waals surface area contributed by atoms with Gasteiger partial charge in [-0.1, -0.05) is 24.3 Å². The van der Waals surface area contributed by atoms with Crippen molar-refractivity contribution < 1.29 is 5.11 Å². The molecule has 1 unspecified atom stereocenters. The third-order valence-electron chi connectivity index (χ3n) is 2.82. The Hall–Kier alpha value is -1.78. The molecule has 1 aromatic carbocycles. The number of benzene rings is 1. The molecule has 18 heavy (non-hydrogen) atoms. The van der Waals surface area contributed by atoms with E-state index in [0.717, 1.165) is 22.5 Å². The molecule has 0 saturated carbocycles. The highest BCUT2D eigenvalue weighted by molar-refractivity contribution is 5.63. The zero-order chi connectivity index (χ0) is 13.1. The van der Waals surface area contributed by atoms with E-state index in [1.165, 1.54) is 0 Å². The van der Waals surface area contributed by atoms with E-state index >= 15 is 0 Å². The molecular weight excluding hydrogens is 226 g/mol. The van der Waals surface area contributed by atoms with Gasteiger partial charge in [0.2, 0.25) is 0 Å². The first-order valence-electron chi connectivity index (χ1n) is 5.90. The fraction of sp³-hybridized carbons (Fsp3) is 0.286. The van der Waals surface area contributed by atoms with Crippen molar-refractivity contribution in [3.8, 4) is 11.3 Å². The second-order valence-corrected chi connectivity index (χ2v) is 4.36. The lowest BCUT2D eigenvalue weighted by atomic mass is 10.0. The molecule has 0 spiro atoms. The fourth-order valence-corrected chi connectivity index (χ4v) is 1.84. The van der Waals surface area contributed by atoms with Crippen LogP contribution in [-0.4, -0.2) is 21.7 Å². The van der Waals surface area contributed by atoms with E-state index in [-0.39, 0.29) is 6.61 Å². The van der Waals surface area contributed by atoms with Crippen molar-refractivity contribution in [3.05, 3.63) is 47.4 Å². The summed E-state index contributed by atoms with van der Waals surface area (Å²) in [6.07, 6.45) is 0. The number of aromatic nitrogens is 2. The van der Waals surface area contributed by atoms with Gasteiger partial charge in [0, 0.05) is 11.3 Å². The van der Waals surface area contributed by atoms with Gasteiger partial charge in [-0.3, -0.25) is 0 Å². The van der Waals surface area contributed by atoms with Crippen molar-refractivity contribution in [2.24, 2.45) is 5.73 Å². The van der Waals surface area contributed by atoms with E-state index in [2.05, 4.69) is 9.97 Å². The highest BCUT2D eigenvalue weighted by atomic mass is 16.3. The quantitative estimate of drug-likeness (QED) is 0.861. The Morgan fingerprint density at radius 1 is 1.22 bits per heavy atom. The Bertz CT molecular complexity index is 554. The zero-order valence-corrected chi connectivity index (χ0v) is 10.6. The van der Waals surface area contributed by atoms with Crippen LogP contribution in [-0.2, 0) is 0 Å². The molecule has 4 heteroatoms. The largest absolute Gasteiger partial charge is 0.394 e. The summed E-state index contributed by atoms with van der Waals surface area (Å²) in [4.78, 5) is 8.70. The minimum Gasteiger partial charge on any atom is -0.394 e. The maximum absolute atomic E-state index is 9.09. The van der Waals surface area contributed by atoms with E-state index in [1.54, 1.807) is 0 Å². The van der Waals surface area contributed by atoms with Gasteiger partial charge in [0.15, 0.2) is 0 Å². The number of hydrogen-bond donors (Lipinski definition) is 2. The van der Waals surface area contributed by atoms with Gasteiger partial charge in [0.25, 0.3) is 0 Å². The number of nitrogens with two attached hydrogens (primary N) is 1. The number of hydrogen-bond acceptors (Lipinski definition) is 4. The summed E-state index contributed by atoms with van der Waals surface area (Å²) in [5.41, 5.74) is 9.69. The van der Waals surface area contributed by atoms with Crippen LogP contribution < -0.4 is 5.73 Å². The lowest BCUT2D eigenvalue weighted by Crippen LogP contribution is -2.18. The predicted octanol–water partition coefficient (Wildman–Crippen LogP) is 1.75. The average Bonchev–Trinajstić information content (AvgIpc) is 2.37. The lowest BCUT2D eigenvalue weighted by Gasteiger charge is -2.11. The van der Waals surface area contributed by atoms with E-state index in [1.807, 2.05) is 44.2 Å². The number of nitrogens with zero attached hydrogens (tertiary/aromatic N) is 2. The van der Waals surface area contributed by atoms with Crippen molar-refractivity contribution in [3.63, 3.8) is 0 Å². The standard InChI is InChI=1S/C14H17N3O/c1-9-5-3-4-6-11(9)13-7-10(2)16-14(17-13)12(15)8-18/h3-7,12,18H,8,15H2,1-2H3. The van der Waals surface area contributed by atoms with Crippen LogP contribution in [0.5, 0.6) is 0 Å². The molecule has 1 heterocycles. The van der Waals surface area contributed by atoms with E-state index in [0.29, 0.717) is 5.82 Å². The first kappa shape index (κ1) is 12.7. The maximum Gasteiger partial charge on any atom is 0.148 e. The summed E-state index contributed by atoms with van der Waals surface area (Å²) in [7, 11) is 0. The number of aliphatic hydroxyl groups excluding tert-OH is 1. The number of aliphatic hydroxyl groups is 1. The summed E-state index contributed by atoms with van der Waals surface area (Å²) >= 11 is 0. The molecular formula is C14H17N3O. The molecule has 3 N–H and O–H groups in total. The monoisotopic (exact) mass is 243 g/mol. The molecule has 0 aliphatic carbocycles. The minimum atomic E-state index is -0.535. The van der Waals surface area contributed by atoms with Gasteiger partial charge in [-0.05, 0) is 25.5 Å². The van der Waals surface area contributed by atoms with Crippen molar-refractivity contribution in [2.75, 3.05) is 6.61 Å². The Balaban J connectivity index is 2.52. The van der Waals surface area contributed by atoms with Crippen molar-refractivity contribution in [1.29, 1.82) is 0 Å². The van der Waals surface area contributed by atoms with Crippen LogP contribution in [0.2, 0.25) is 0 Å². The molecule has 0 bridgehead atoms. The highest BCUT2D eigenvalue weighted by Crippen LogP contribution is 2.22. The smallest absolute Gasteiger partial charge is 0.148 e. The topological polar surface area (TPSA) is 72.0 Å². The lowest BCUT2D eigenvalue weighted by molar-refractivity contribution is 0.263. The minimum absolute atomic E-state index is 0.156. The SMILES string of the molecule is Cc1cc(-c2ccccc2C)nc(C(N)CO)n1. The second-order valence-electron chi connectivity index (χ2n) is 4.36. The Morgan fingerprint density at radius 3 is 2.61 bits per heavy atom. The third-order valence-corrected chi connectivity index (χ3v) is 2.82. The first-order valence-corrected chi connectivity index (χ1v) is 5.90. The molecule has 1 atom stereocenters. The van der Waals surface area contributed by atoms with E-state index in [9.17, 15) is 0 Å². The molecule has 0 saturated heterocycles. The van der Waals surface area contributed by atoms with Gasteiger partial charge >= 0.3 is 0 Å². The first-order chi connectivity index (χ1) is 8.61. The Labute approximate surface area is 107 Å². The predicted molar refractivity (Wildman–Crippen MR) is 71.0 cm³/mol. The summed E-state index contributed by atoms with van der Waals surface area (Å²) in [6, 6.07) is 9.42. The van der Waals surface area contributed by atoms with Gasteiger partial charge in [0.1, 0.15) is 5.82 Å². The number of aryl methyl sites for hydroxylation is 2. The Kier molecular flexibility index (Phi) is 3.69. The molecule has 2 aromatic rings. The summed E-state index contributed by atoms with van der Waals surface area (Å²) in [5, 5.41) is 9.09. The molecule has 2 rings (SSSR count). The second kappa shape index (κ2) is 5.25. The summed E-state index contributed by atoms with van der Waals surface area (Å²) in [5.74, 6) is 0.482. The van der Waals surface area contributed by atoms with Gasteiger partial charge in [-0.15, -0.1) is 0 Å². The van der Waals surface area contributed by atoms with Crippen LogP contribution in [0, 0.1) is 13.8 Å². The molecule has 0 amide bonds.